The number of esters is 3. The normalized spacial score (nSPS) is 14.8. The second-order valence-corrected chi connectivity index (χ2v) is 13.8. The molecule has 2 amide bonds. The number of carbonyl (C=O) groups is 5. The van der Waals surface area contributed by atoms with Gasteiger partial charge in [0.25, 0.3) is 0 Å². The highest BCUT2D eigenvalue weighted by Gasteiger charge is 2.43. The number of hydrogen-bond acceptors (Lipinski definition) is 13. The molecule has 1 fully saturated rings. The van der Waals surface area contributed by atoms with Gasteiger partial charge in [-0.05, 0) is 37.9 Å². The second kappa shape index (κ2) is 27.5. The van der Waals surface area contributed by atoms with Gasteiger partial charge < -0.3 is 29.6 Å². The average molecular weight is 727 g/mol. The molecular weight excluding hydrogens is 673 g/mol. The molecule has 2 N–H and O–H groups in total. The van der Waals surface area contributed by atoms with Crippen molar-refractivity contribution in [3.05, 3.63) is 0 Å². The number of ether oxygens (including phenoxy) is 4. The molecule has 15 heteroatoms. The van der Waals surface area contributed by atoms with E-state index in [1.807, 2.05) is 0 Å². The second-order valence-electron chi connectivity index (χ2n) is 11.3. The topological polar surface area (TPSA) is 146 Å². The number of thioether (sulfide) groups is 1. The van der Waals surface area contributed by atoms with Gasteiger partial charge >= 0.3 is 24.0 Å². The molecule has 0 aromatic rings. The summed E-state index contributed by atoms with van der Waals surface area (Å²) >= 11 is 13.7. The van der Waals surface area contributed by atoms with Crippen LogP contribution in [0.15, 0.2) is 0 Å². The van der Waals surface area contributed by atoms with Crippen molar-refractivity contribution in [2.45, 2.75) is 96.0 Å². The van der Waals surface area contributed by atoms with Crippen LogP contribution in [0, 0.1) is 5.41 Å². The van der Waals surface area contributed by atoms with Crippen LogP contribution in [0.25, 0.3) is 0 Å². The summed E-state index contributed by atoms with van der Waals surface area (Å²) in [5.74, 6) is -0.286. The van der Waals surface area contributed by atoms with Gasteiger partial charge in [-0.2, -0.15) is 49.6 Å². The van der Waals surface area contributed by atoms with Crippen molar-refractivity contribution in [3.63, 3.8) is 0 Å². The van der Waals surface area contributed by atoms with Gasteiger partial charge in [0, 0.05) is 36.1 Å². The minimum atomic E-state index is -1.65. The smallest absolute Gasteiger partial charge is 0.407 e. The van der Waals surface area contributed by atoms with Crippen molar-refractivity contribution in [1.29, 1.82) is 0 Å². The van der Waals surface area contributed by atoms with E-state index < -0.39 is 49.1 Å². The summed E-state index contributed by atoms with van der Waals surface area (Å²) in [5, 5.41) is 5.65. The Morgan fingerprint density at radius 2 is 1.09 bits per heavy atom. The Kier molecular flexibility index (Phi) is 25.4. The van der Waals surface area contributed by atoms with Gasteiger partial charge in [0.2, 0.25) is 5.91 Å². The fourth-order valence-electron chi connectivity index (χ4n) is 4.62. The lowest BCUT2D eigenvalue weighted by Gasteiger charge is -2.31. The predicted molar refractivity (Wildman–Crippen MR) is 190 cm³/mol. The van der Waals surface area contributed by atoms with Crippen LogP contribution in [0.2, 0.25) is 0 Å². The molecule has 0 aliphatic heterocycles. The summed E-state index contributed by atoms with van der Waals surface area (Å²) in [6.45, 7) is -0.611. The lowest BCUT2D eigenvalue weighted by Crippen LogP contribution is -2.52. The van der Waals surface area contributed by atoms with Crippen LogP contribution in [0.5, 0.6) is 0 Å². The molecule has 1 saturated carbocycles. The van der Waals surface area contributed by atoms with E-state index in [0.717, 1.165) is 37.9 Å². The van der Waals surface area contributed by atoms with Crippen LogP contribution in [-0.4, -0.2) is 97.7 Å². The van der Waals surface area contributed by atoms with E-state index in [0.29, 0.717) is 12.3 Å². The lowest BCUT2D eigenvalue weighted by atomic mass is 9.89. The highest BCUT2D eigenvalue weighted by molar-refractivity contribution is 7.99. The molecule has 0 unspecified atom stereocenters. The van der Waals surface area contributed by atoms with E-state index in [4.69, 9.17) is 18.9 Å². The molecule has 0 aromatic carbocycles. The summed E-state index contributed by atoms with van der Waals surface area (Å²) in [6.07, 6.45) is 11.9. The quantitative estimate of drug-likeness (QED) is 0.0484. The zero-order valence-electron chi connectivity index (χ0n) is 27.0. The number of carbonyl (C=O) groups excluding carboxylic acids is 5. The van der Waals surface area contributed by atoms with Crippen molar-refractivity contribution in [2.75, 3.05) is 61.7 Å². The maximum Gasteiger partial charge on any atom is 0.407 e. The molecular formula is C31H54N2O9S4. The van der Waals surface area contributed by atoms with E-state index in [1.54, 1.807) is 11.8 Å². The third-order valence-corrected chi connectivity index (χ3v) is 9.04. The Bertz CT molecular complexity index is 831. The molecule has 46 heavy (non-hydrogen) atoms. The molecule has 0 bridgehead atoms. The largest absolute Gasteiger partial charge is 0.464 e. The Balaban J connectivity index is 2.56. The molecule has 0 aromatic heterocycles. The molecule has 0 spiro atoms. The number of amides is 2. The number of alkyl carbamates (subject to hydrolysis) is 1. The minimum Gasteiger partial charge on any atom is -0.464 e. The van der Waals surface area contributed by atoms with Gasteiger partial charge in [0.1, 0.15) is 25.9 Å². The third kappa shape index (κ3) is 20.7. The van der Waals surface area contributed by atoms with Crippen LogP contribution in [0.4, 0.5) is 4.79 Å². The Morgan fingerprint density at radius 3 is 1.54 bits per heavy atom. The summed E-state index contributed by atoms with van der Waals surface area (Å²) in [4.78, 5) is 62.1. The molecule has 0 atom stereocenters. The van der Waals surface area contributed by atoms with Gasteiger partial charge in [-0.15, -0.1) is 0 Å². The first-order valence-corrected chi connectivity index (χ1v) is 19.4. The zero-order valence-corrected chi connectivity index (χ0v) is 30.5. The third-order valence-electron chi connectivity index (χ3n) is 7.30. The van der Waals surface area contributed by atoms with Crippen molar-refractivity contribution in [1.82, 2.24) is 10.6 Å². The van der Waals surface area contributed by atoms with E-state index in [1.165, 1.54) is 38.5 Å². The highest BCUT2D eigenvalue weighted by Crippen LogP contribution is 2.22. The molecule has 266 valence electrons. The summed E-state index contributed by atoms with van der Waals surface area (Å²) < 4.78 is 21.6. The predicted octanol–water partition coefficient (Wildman–Crippen LogP) is 4.81. The summed E-state index contributed by atoms with van der Waals surface area (Å²) in [5.41, 5.74) is -1.65. The average Bonchev–Trinajstić information content (AvgIpc) is 3.08. The van der Waals surface area contributed by atoms with Gasteiger partial charge in [-0.1, -0.05) is 38.5 Å². The molecule has 0 radical (unpaired) electrons. The van der Waals surface area contributed by atoms with E-state index in [9.17, 15) is 24.0 Å². The van der Waals surface area contributed by atoms with Gasteiger partial charge in [-0.3, -0.25) is 19.2 Å². The van der Waals surface area contributed by atoms with Crippen LogP contribution in [0.3, 0.4) is 0 Å². The van der Waals surface area contributed by atoms with Crippen molar-refractivity contribution in [2.24, 2.45) is 5.41 Å². The SMILES string of the molecule is O=C(CCS)OCC(COC(=O)CCS)(COC(=O)CCS)C(=O)NCCSCCCNC(=O)OC1CCCCCCCCCC1. The van der Waals surface area contributed by atoms with Crippen LogP contribution < -0.4 is 10.6 Å². The molecule has 0 heterocycles. The number of rotatable bonds is 21. The van der Waals surface area contributed by atoms with Crippen LogP contribution in [0.1, 0.15) is 89.9 Å². The fourth-order valence-corrected chi connectivity index (χ4v) is 5.97. The minimum absolute atomic E-state index is 0.0174. The zero-order chi connectivity index (χ0) is 33.9. The van der Waals surface area contributed by atoms with Crippen LogP contribution >= 0.6 is 49.6 Å². The van der Waals surface area contributed by atoms with Crippen molar-refractivity contribution >= 4 is 79.6 Å². The van der Waals surface area contributed by atoms with Gasteiger partial charge in [-0.25, -0.2) is 4.79 Å². The van der Waals surface area contributed by atoms with Gasteiger partial charge in [0.15, 0.2) is 5.41 Å². The monoisotopic (exact) mass is 726 g/mol. The van der Waals surface area contributed by atoms with E-state index >= 15 is 0 Å². The van der Waals surface area contributed by atoms with Crippen molar-refractivity contribution in [3.8, 4) is 0 Å². The first kappa shape index (κ1) is 42.6. The van der Waals surface area contributed by atoms with Crippen LogP contribution in [-0.2, 0) is 38.1 Å². The molecule has 11 nitrogen and oxygen atoms in total. The molecule has 1 rings (SSSR count). The van der Waals surface area contributed by atoms with Crippen molar-refractivity contribution < 1.29 is 42.9 Å². The lowest BCUT2D eigenvalue weighted by molar-refractivity contribution is -0.166. The van der Waals surface area contributed by atoms with E-state index in [-0.39, 0.29) is 55.3 Å². The highest BCUT2D eigenvalue weighted by atomic mass is 32.2. The summed E-state index contributed by atoms with van der Waals surface area (Å²) in [7, 11) is 0. The Hall–Kier alpha value is -1.45. The Morgan fingerprint density at radius 1 is 0.630 bits per heavy atom. The van der Waals surface area contributed by atoms with E-state index in [2.05, 4.69) is 48.5 Å². The number of hydrogen-bond donors (Lipinski definition) is 5. The maximum absolute atomic E-state index is 13.4. The molecule has 1 aliphatic carbocycles. The summed E-state index contributed by atoms with van der Waals surface area (Å²) in [6, 6.07) is 0. The molecule has 1 aliphatic rings. The standard InChI is InChI=1S/C31H54N2O9S4/c34-26(12-17-43)39-22-31(23-40-27(35)13-18-44,24-41-28(36)14-19-45)29(37)32-16-21-46-20-9-15-33-30(38)42-25-10-7-5-3-1-2-4-6-8-11-25/h25,43-45H,1-24H2,(H,32,37)(H,33,38). The molecule has 0 saturated heterocycles. The number of nitrogens with one attached hydrogen (secondary N) is 2. The maximum atomic E-state index is 13.4. The first-order valence-electron chi connectivity index (χ1n) is 16.4. The fraction of sp³-hybridized carbons (Fsp3) is 0.839. The first-order chi connectivity index (χ1) is 22.3. The van der Waals surface area contributed by atoms with Gasteiger partial charge in [0.05, 0.1) is 19.3 Å². The number of thiol groups is 3. The Labute approximate surface area is 295 Å².